The lowest BCUT2D eigenvalue weighted by molar-refractivity contribution is 0.469. The monoisotopic (exact) mass is 185 g/mol. The number of unbranched alkanes of at least 4 members (excludes halogenated alkanes) is 4. The first-order valence-corrected chi connectivity index (χ1v) is 6.08. The topological polar surface area (TPSA) is 12.0 Å². The Hall–Kier alpha value is -0.0400. The molecule has 0 bridgehead atoms. The second kappa shape index (κ2) is 10.0. The van der Waals surface area contributed by atoms with E-state index >= 15 is 0 Å². The third-order valence-electron chi connectivity index (χ3n) is 2.70. The fourth-order valence-corrected chi connectivity index (χ4v) is 1.61. The van der Waals surface area contributed by atoms with E-state index in [0.717, 1.165) is 6.04 Å². The van der Waals surface area contributed by atoms with Crippen LogP contribution in [0.2, 0.25) is 0 Å². The molecule has 0 amide bonds. The van der Waals surface area contributed by atoms with Crippen LogP contribution in [0.3, 0.4) is 0 Å². The normalized spacial score (nSPS) is 11.1. The molecule has 1 N–H and O–H groups in total. The summed E-state index contributed by atoms with van der Waals surface area (Å²) in [5, 5.41) is 3.60. The highest BCUT2D eigenvalue weighted by Crippen LogP contribution is 2.02. The van der Waals surface area contributed by atoms with E-state index < -0.39 is 0 Å². The van der Waals surface area contributed by atoms with E-state index in [2.05, 4.69) is 26.1 Å². The standard InChI is InChI=1S/C12H27N/c1-4-7-8-9-10-11-13-12(5-2)6-3/h12-13H,4-11H2,1-3H3. The predicted octanol–water partition coefficient (Wildman–Crippen LogP) is 3.74. The fraction of sp³-hybridized carbons (Fsp3) is 1.00. The smallest absolute Gasteiger partial charge is 0.00618 e. The van der Waals surface area contributed by atoms with Crippen molar-refractivity contribution < 1.29 is 0 Å². The second-order valence-corrected chi connectivity index (χ2v) is 3.88. The lowest BCUT2D eigenvalue weighted by Gasteiger charge is -2.14. The van der Waals surface area contributed by atoms with Crippen molar-refractivity contribution >= 4 is 0 Å². The van der Waals surface area contributed by atoms with Crippen molar-refractivity contribution in [3.05, 3.63) is 0 Å². The minimum Gasteiger partial charge on any atom is -0.314 e. The molecule has 0 spiro atoms. The van der Waals surface area contributed by atoms with Crippen molar-refractivity contribution in [2.75, 3.05) is 6.54 Å². The number of rotatable bonds is 9. The number of nitrogens with one attached hydrogen (secondary N) is 1. The van der Waals surface area contributed by atoms with Crippen LogP contribution in [0.25, 0.3) is 0 Å². The Bertz CT molecular complexity index is 87.1. The first kappa shape index (κ1) is 13.0. The highest BCUT2D eigenvalue weighted by molar-refractivity contribution is 4.61. The van der Waals surface area contributed by atoms with E-state index in [-0.39, 0.29) is 0 Å². The molecule has 0 aromatic heterocycles. The summed E-state index contributed by atoms with van der Waals surface area (Å²) in [7, 11) is 0. The van der Waals surface area contributed by atoms with Gasteiger partial charge in [-0.25, -0.2) is 0 Å². The largest absolute Gasteiger partial charge is 0.314 e. The van der Waals surface area contributed by atoms with Crippen molar-refractivity contribution in [2.24, 2.45) is 0 Å². The van der Waals surface area contributed by atoms with Gasteiger partial charge in [0.2, 0.25) is 0 Å². The van der Waals surface area contributed by atoms with Crippen LogP contribution in [0.5, 0.6) is 0 Å². The van der Waals surface area contributed by atoms with Gasteiger partial charge in [0.25, 0.3) is 0 Å². The van der Waals surface area contributed by atoms with Gasteiger partial charge in [-0.15, -0.1) is 0 Å². The van der Waals surface area contributed by atoms with Crippen LogP contribution in [0, 0.1) is 0 Å². The van der Waals surface area contributed by atoms with E-state index in [4.69, 9.17) is 0 Å². The Morgan fingerprint density at radius 1 is 0.846 bits per heavy atom. The predicted molar refractivity (Wildman–Crippen MR) is 61.1 cm³/mol. The zero-order valence-electron chi connectivity index (χ0n) is 9.73. The van der Waals surface area contributed by atoms with E-state index in [1.807, 2.05) is 0 Å². The molecule has 0 unspecified atom stereocenters. The summed E-state index contributed by atoms with van der Waals surface area (Å²) in [6, 6.07) is 0.756. The molecule has 0 heterocycles. The molecule has 0 saturated heterocycles. The average molecular weight is 185 g/mol. The van der Waals surface area contributed by atoms with E-state index in [1.54, 1.807) is 0 Å². The minimum atomic E-state index is 0.756. The highest BCUT2D eigenvalue weighted by Gasteiger charge is 1.99. The first-order chi connectivity index (χ1) is 6.35. The minimum absolute atomic E-state index is 0.756. The Labute approximate surface area is 84.3 Å². The molecule has 1 heteroatoms. The van der Waals surface area contributed by atoms with Gasteiger partial charge in [0.15, 0.2) is 0 Å². The van der Waals surface area contributed by atoms with Gasteiger partial charge >= 0.3 is 0 Å². The molecule has 0 saturated carbocycles. The Morgan fingerprint density at radius 3 is 2.00 bits per heavy atom. The summed E-state index contributed by atoms with van der Waals surface area (Å²) in [6.45, 7) is 8.01. The van der Waals surface area contributed by atoms with Crippen molar-refractivity contribution in [3.8, 4) is 0 Å². The molecule has 0 fully saturated rings. The molecule has 0 aliphatic heterocycles. The maximum atomic E-state index is 3.60. The molecule has 0 atom stereocenters. The average Bonchev–Trinajstić information content (AvgIpc) is 2.17. The Balaban J connectivity index is 3.05. The maximum absolute atomic E-state index is 3.60. The third-order valence-corrected chi connectivity index (χ3v) is 2.70. The van der Waals surface area contributed by atoms with Crippen molar-refractivity contribution in [1.29, 1.82) is 0 Å². The van der Waals surface area contributed by atoms with Crippen molar-refractivity contribution in [2.45, 2.75) is 71.8 Å². The van der Waals surface area contributed by atoms with E-state index in [9.17, 15) is 0 Å². The van der Waals surface area contributed by atoms with Crippen LogP contribution in [-0.2, 0) is 0 Å². The molecule has 0 radical (unpaired) electrons. The van der Waals surface area contributed by atoms with E-state index in [1.165, 1.54) is 51.5 Å². The molecule has 80 valence electrons. The lowest BCUT2D eigenvalue weighted by atomic mass is 10.1. The molecule has 1 nitrogen and oxygen atoms in total. The first-order valence-electron chi connectivity index (χ1n) is 6.08. The zero-order valence-corrected chi connectivity index (χ0v) is 9.73. The molecular formula is C12H27N. The molecule has 0 aliphatic carbocycles. The molecule has 0 aromatic carbocycles. The molecule has 0 aliphatic rings. The van der Waals surface area contributed by atoms with Crippen LogP contribution >= 0.6 is 0 Å². The SMILES string of the molecule is CCCCCCCNC(CC)CC. The summed E-state index contributed by atoms with van der Waals surface area (Å²) in [4.78, 5) is 0. The van der Waals surface area contributed by atoms with Gasteiger partial charge in [-0.1, -0.05) is 46.5 Å². The maximum Gasteiger partial charge on any atom is 0.00618 e. The van der Waals surface area contributed by atoms with Crippen LogP contribution in [-0.4, -0.2) is 12.6 Å². The third kappa shape index (κ3) is 8.29. The van der Waals surface area contributed by atoms with Gasteiger partial charge in [0.1, 0.15) is 0 Å². The van der Waals surface area contributed by atoms with Gasteiger partial charge in [-0.2, -0.15) is 0 Å². The lowest BCUT2D eigenvalue weighted by Crippen LogP contribution is -2.28. The molecular weight excluding hydrogens is 158 g/mol. The van der Waals surface area contributed by atoms with Gasteiger partial charge in [0.05, 0.1) is 0 Å². The summed E-state index contributed by atoms with van der Waals surface area (Å²) in [5.74, 6) is 0. The molecule has 0 aromatic rings. The van der Waals surface area contributed by atoms with Crippen LogP contribution in [0.4, 0.5) is 0 Å². The summed E-state index contributed by atoms with van der Waals surface area (Å²) < 4.78 is 0. The van der Waals surface area contributed by atoms with Crippen LogP contribution in [0.15, 0.2) is 0 Å². The quantitative estimate of drug-likeness (QED) is 0.540. The van der Waals surface area contributed by atoms with Gasteiger partial charge in [-0.3, -0.25) is 0 Å². The molecule has 13 heavy (non-hydrogen) atoms. The second-order valence-electron chi connectivity index (χ2n) is 3.88. The van der Waals surface area contributed by atoms with Gasteiger partial charge in [0, 0.05) is 6.04 Å². The highest BCUT2D eigenvalue weighted by atomic mass is 14.9. The molecule has 0 rings (SSSR count). The van der Waals surface area contributed by atoms with Crippen LogP contribution in [0.1, 0.15) is 65.7 Å². The Morgan fingerprint density at radius 2 is 1.46 bits per heavy atom. The van der Waals surface area contributed by atoms with Gasteiger partial charge in [-0.05, 0) is 25.8 Å². The summed E-state index contributed by atoms with van der Waals surface area (Å²) in [6.07, 6.45) is 9.47. The summed E-state index contributed by atoms with van der Waals surface area (Å²) >= 11 is 0. The summed E-state index contributed by atoms with van der Waals surface area (Å²) in [5.41, 5.74) is 0. The van der Waals surface area contributed by atoms with Gasteiger partial charge < -0.3 is 5.32 Å². The fourth-order valence-electron chi connectivity index (χ4n) is 1.61. The van der Waals surface area contributed by atoms with E-state index in [0.29, 0.717) is 0 Å². The Kier molecular flexibility index (Phi) is 10.0. The zero-order chi connectivity index (χ0) is 9.94. The van der Waals surface area contributed by atoms with Crippen molar-refractivity contribution in [3.63, 3.8) is 0 Å². The van der Waals surface area contributed by atoms with Crippen LogP contribution < -0.4 is 5.32 Å². The number of hydrogen-bond acceptors (Lipinski definition) is 1. The van der Waals surface area contributed by atoms with Crippen molar-refractivity contribution in [1.82, 2.24) is 5.32 Å². The number of hydrogen-bond donors (Lipinski definition) is 1.